The Kier molecular flexibility index (Phi) is 5.12. The van der Waals surface area contributed by atoms with Gasteiger partial charge in [0.2, 0.25) is 5.91 Å². The largest absolute Gasteiger partial charge is 0.333 e. The molecular formula is C15H10Cl2N4O3S. The number of nitrogens with one attached hydrogen (secondary N) is 2. The highest BCUT2D eigenvalue weighted by molar-refractivity contribution is 7.99. The minimum atomic E-state index is -0.555. The van der Waals surface area contributed by atoms with Crippen molar-refractivity contribution in [3.05, 3.63) is 56.6 Å². The lowest BCUT2D eigenvalue weighted by molar-refractivity contribution is -0.384. The molecule has 3 aromatic rings. The van der Waals surface area contributed by atoms with Gasteiger partial charge in [-0.2, -0.15) is 0 Å². The van der Waals surface area contributed by atoms with E-state index in [1.165, 1.54) is 30.0 Å². The number of anilines is 1. The Balaban J connectivity index is 1.66. The summed E-state index contributed by atoms with van der Waals surface area (Å²) < 4.78 is 0. The van der Waals surface area contributed by atoms with Crippen LogP contribution in [0.4, 0.5) is 11.4 Å². The van der Waals surface area contributed by atoms with Crippen LogP contribution >= 0.6 is 35.0 Å². The zero-order valence-electron chi connectivity index (χ0n) is 12.5. The van der Waals surface area contributed by atoms with Crippen LogP contribution in [0.15, 0.2) is 41.6 Å². The second-order valence-corrected chi connectivity index (χ2v) is 6.77. The molecule has 2 aromatic carbocycles. The van der Waals surface area contributed by atoms with Crippen LogP contribution in [0.3, 0.4) is 0 Å². The van der Waals surface area contributed by atoms with E-state index in [4.69, 9.17) is 23.2 Å². The Morgan fingerprint density at radius 2 is 2.08 bits per heavy atom. The van der Waals surface area contributed by atoms with E-state index in [0.29, 0.717) is 10.2 Å². The summed E-state index contributed by atoms with van der Waals surface area (Å²) in [6, 6.07) is 9.11. The normalized spacial score (nSPS) is 10.8. The number of imidazole rings is 1. The number of aromatic amines is 1. The van der Waals surface area contributed by atoms with Crippen molar-refractivity contribution in [2.75, 3.05) is 11.1 Å². The molecule has 1 amide bonds. The number of halogens is 2. The van der Waals surface area contributed by atoms with Gasteiger partial charge in [-0.05, 0) is 24.3 Å². The number of rotatable bonds is 5. The monoisotopic (exact) mass is 396 g/mol. The number of nitro benzene ring substituents is 1. The van der Waals surface area contributed by atoms with Gasteiger partial charge in [0, 0.05) is 17.2 Å². The molecule has 0 fully saturated rings. The molecule has 128 valence electrons. The number of carbonyl (C=O) groups is 1. The molecule has 0 aliphatic heterocycles. The maximum absolute atomic E-state index is 12.1. The number of non-ortho nitro benzene ring substituents is 1. The Hall–Kier alpha value is -2.29. The average molecular weight is 397 g/mol. The molecule has 0 spiro atoms. The fourth-order valence-electron chi connectivity index (χ4n) is 2.07. The van der Waals surface area contributed by atoms with E-state index in [2.05, 4.69) is 15.3 Å². The summed E-state index contributed by atoms with van der Waals surface area (Å²) in [7, 11) is 0. The lowest BCUT2D eigenvalue weighted by atomic mass is 10.3. The standard InChI is InChI=1S/C15H10Cl2N4O3S/c16-8-1-4-11-13(5-8)20-15(19-11)25-7-14(22)18-12-6-9(21(23)24)2-3-10(12)17/h1-6H,7H2,(H,18,22)(H,19,20). The van der Waals surface area contributed by atoms with Crippen molar-refractivity contribution < 1.29 is 9.72 Å². The van der Waals surface area contributed by atoms with Crippen LogP contribution in [0.2, 0.25) is 10.0 Å². The lowest BCUT2D eigenvalue weighted by Crippen LogP contribution is -2.14. The number of fused-ring (bicyclic) bond motifs is 1. The molecule has 0 aliphatic carbocycles. The predicted molar refractivity (Wildman–Crippen MR) is 98.6 cm³/mol. The maximum atomic E-state index is 12.1. The summed E-state index contributed by atoms with van der Waals surface area (Å²) in [6.07, 6.45) is 0. The third-order valence-corrected chi connectivity index (χ3v) is 4.64. The van der Waals surface area contributed by atoms with Gasteiger partial charge in [0.25, 0.3) is 5.69 Å². The molecule has 25 heavy (non-hydrogen) atoms. The first-order chi connectivity index (χ1) is 11.9. The molecule has 0 aliphatic rings. The molecule has 1 aromatic heterocycles. The number of nitro groups is 1. The van der Waals surface area contributed by atoms with E-state index in [-0.39, 0.29) is 28.1 Å². The Bertz CT molecular complexity index is 977. The van der Waals surface area contributed by atoms with Crippen molar-refractivity contribution >= 4 is 63.3 Å². The van der Waals surface area contributed by atoms with E-state index in [1.54, 1.807) is 18.2 Å². The molecular weight excluding hydrogens is 387 g/mol. The molecule has 7 nitrogen and oxygen atoms in total. The summed E-state index contributed by atoms with van der Waals surface area (Å²) in [6.45, 7) is 0. The first-order valence-electron chi connectivity index (χ1n) is 6.94. The first kappa shape index (κ1) is 17.5. The molecule has 1 heterocycles. The van der Waals surface area contributed by atoms with Crippen LogP contribution in [0.5, 0.6) is 0 Å². The third kappa shape index (κ3) is 4.22. The quantitative estimate of drug-likeness (QED) is 0.375. The van der Waals surface area contributed by atoms with Crippen molar-refractivity contribution in [2.24, 2.45) is 0 Å². The molecule has 2 N–H and O–H groups in total. The van der Waals surface area contributed by atoms with Crippen molar-refractivity contribution in [3.63, 3.8) is 0 Å². The molecule has 0 radical (unpaired) electrons. The van der Waals surface area contributed by atoms with Crippen molar-refractivity contribution in [2.45, 2.75) is 5.16 Å². The molecule has 0 bridgehead atoms. The van der Waals surface area contributed by atoms with Gasteiger partial charge >= 0.3 is 0 Å². The number of carbonyl (C=O) groups excluding carboxylic acids is 1. The van der Waals surface area contributed by atoms with E-state index >= 15 is 0 Å². The maximum Gasteiger partial charge on any atom is 0.271 e. The summed E-state index contributed by atoms with van der Waals surface area (Å²) >= 11 is 13.1. The van der Waals surface area contributed by atoms with Crippen molar-refractivity contribution in [1.29, 1.82) is 0 Å². The minimum absolute atomic E-state index is 0.0621. The van der Waals surface area contributed by atoms with Crippen LogP contribution in [-0.4, -0.2) is 26.6 Å². The average Bonchev–Trinajstić information content (AvgIpc) is 2.96. The van der Waals surface area contributed by atoms with Crippen LogP contribution in [0, 0.1) is 10.1 Å². The summed E-state index contributed by atoms with van der Waals surface area (Å²) in [5, 5.41) is 14.7. The SMILES string of the molecule is O=C(CSc1nc2ccc(Cl)cc2[nH]1)Nc1cc([N+](=O)[O-])ccc1Cl. The fourth-order valence-corrected chi connectivity index (χ4v) is 3.09. The second kappa shape index (κ2) is 7.30. The Morgan fingerprint density at radius 3 is 2.84 bits per heavy atom. The lowest BCUT2D eigenvalue weighted by Gasteiger charge is -2.06. The first-order valence-corrected chi connectivity index (χ1v) is 8.68. The zero-order chi connectivity index (χ0) is 18.0. The Morgan fingerprint density at radius 1 is 1.28 bits per heavy atom. The van der Waals surface area contributed by atoms with Gasteiger partial charge in [-0.3, -0.25) is 14.9 Å². The highest BCUT2D eigenvalue weighted by atomic mass is 35.5. The van der Waals surface area contributed by atoms with Gasteiger partial charge < -0.3 is 10.3 Å². The van der Waals surface area contributed by atoms with Gasteiger partial charge in [0.1, 0.15) is 0 Å². The van der Waals surface area contributed by atoms with E-state index in [9.17, 15) is 14.9 Å². The van der Waals surface area contributed by atoms with E-state index < -0.39 is 4.92 Å². The third-order valence-electron chi connectivity index (χ3n) is 3.20. The Labute approximate surface area is 155 Å². The van der Waals surface area contributed by atoms with Gasteiger partial charge in [-0.25, -0.2) is 4.98 Å². The summed E-state index contributed by atoms with van der Waals surface area (Å²) in [4.78, 5) is 29.7. The van der Waals surface area contributed by atoms with Crippen LogP contribution < -0.4 is 5.32 Å². The number of nitrogens with zero attached hydrogens (tertiary/aromatic N) is 2. The van der Waals surface area contributed by atoms with Crippen LogP contribution in [0.1, 0.15) is 0 Å². The number of hydrogen-bond donors (Lipinski definition) is 2. The predicted octanol–water partition coefficient (Wildman–Crippen LogP) is 4.51. The van der Waals surface area contributed by atoms with E-state index in [0.717, 1.165) is 11.0 Å². The van der Waals surface area contributed by atoms with Gasteiger partial charge in [-0.15, -0.1) is 0 Å². The molecule has 0 unspecified atom stereocenters. The summed E-state index contributed by atoms with van der Waals surface area (Å²) in [5.41, 5.74) is 1.56. The van der Waals surface area contributed by atoms with Gasteiger partial charge in [0.15, 0.2) is 5.16 Å². The highest BCUT2D eigenvalue weighted by Crippen LogP contribution is 2.27. The number of hydrogen-bond acceptors (Lipinski definition) is 5. The smallest absolute Gasteiger partial charge is 0.271 e. The molecule has 0 saturated heterocycles. The minimum Gasteiger partial charge on any atom is -0.333 e. The number of thioether (sulfide) groups is 1. The topological polar surface area (TPSA) is 101 Å². The van der Waals surface area contributed by atoms with Crippen molar-refractivity contribution in [3.8, 4) is 0 Å². The second-order valence-electron chi connectivity index (χ2n) is 4.96. The zero-order valence-corrected chi connectivity index (χ0v) is 14.8. The van der Waals surface area contributed by atoms with Gasteiger partial charge in [-0.1, -0.05) is 35.0 Å². The number of H-pyrrole nitrogens is 1. The molecule has 3 rings (SSSR count). The molecule has 10 heteroatoms. The number of amides is 1. The highest BCUT2D eigenvalue weighted by Gasteiger charge is 2.13. The fraction of sp³-hybridized carbons (Fsp3) is 0.0667. The molecule has 0 saturated carbocycles. The van der Waals surface area contributed by atoms with E-state index in [1.807, 2.05) is 0 Å². The summed E-state index contributed by atoms with van der Waals surface area (Å²) in [5.74, 6) is -0.294. The number of aromatic nitrogens is 2. The number of benzene rings is 2. The molecule has 0 atom stereocenters. The van der Waals surface area contributed by atoms with Crippen LogP contribution in [-0.2, 0) is 4.79 Å². The van der Waals surface area contributed by atoms with Crippen LogP contribution in [0.25, 0.3) is 11.0 Å². The van der Waals surface area contributed by atoms with Crippen molar-refractivity contribution in [1.82, 2.24) is 9.97 Å². The van der Waals surface area contributed by atoms with Gasteiger partial charge in [0.05, 0.1) is 32.4 Å².